The highest BCUT2D eigenvalue weighted by Gasteiger charge is 2.29. The Morgan fingerprint density at radius 2 is 2.21 bits per heavy atom. The molecule has 1 aliphatic heterocycles. The summed E-state index contributed by atoms with van der Waals surface area (Å²) >= 11 is 0. The van der Waals surface area contributed by atoms with Gasteiger partial charge in [0.15, 0.2) is 11.5 Å². The van der Waals surface area contributed by atoms with Crippen molar-refractivity contribution in [1.29, 1.82) is 0 Å². The van der Waals surface area contributed by atoms with Crippen molar-refractivity contribution in [2.45, 2.75) is 12.1 Å². The van der Waals surface area contributed by atoms with Crippen molar-refractivity contribution in [2.75, 3.05) is 27.3 Å². The van der Waals surface area contributed by atoms with E-state index in [-0.39, 0.29) is 35.1 Å². The van der Waals surface area contributed by atoms with E-state index in [2.05, 4.69) is 10.6 Å². The molecule has 104 valence electrons. The van der Waals surface area contributed by atoms with Crippen molar-refractivity contribution in [2.24, 2.45) is 0 Å². The molecule has 0 spiro atoms. The second-order valence-corrected chi connectivity index (χ2v) is 4.37. The molecule has 2 atom stereocenters. The number of para-hydroxylation sites is 1. The van der Waals surface area contributed by atoms with Gasteiger partial charge in [0.05, 0.1) is 24.8 Å². The van der Waals surface area contributed by atoms with Crippen LogP contribution in [0.3, 0.4) is 0 Å². The van der Waals surface area contributed by atoms with E-state index in [0.29, 0.717) is 13.1 Å². The molecule has 19 heavy (non-hydrogen) atoms. The van der Waals surface area contributed by atoms with Crippen molar-refractivity contribution in [3.8, 4) is 11.5 Å². The van der Waals surface area contributed by atoms with E-state index in [0.717, 1.165) is 0 Å². The Balaban J connectivity index is 2.12. The van der Waals surface area contributed by atoms with Crippen LogP contribution in [0.15, 0.2) is 18.2 Å². The summed E-state index contributed by atoms with van der Waals surface area (Å²) in [6, 6.07) is 4.70. The van der Waals surface area contributed by atoms with Gasteiger partial charge in [0.1, 0.15) is 0 Å². The van der Waals surface area contributed by atoms with Crippen LogP contribution in [0.4, 0.5) is 0 Å². The molecule has 6 heteroatoms. The van der Waals surface area contributed by atoms with Crippen molar-refractivity contribution < 1.29 is 19.4 Å². The van der Waals surface area contributed by atoms with Gasteiger partial charge >= 0.3 is 0 Å². The molecule has 0 saturated carbocycles. The third-order valence-corrected chi connectivity index (χ3v) is 3.24. The van der Waals surface area contributed by atoms with Gasteiger partial charge in [-0.15, -0.1) is 0 Å². The van der Waals surface area contributed by atoms with E-state index < -0.39 is 0 Å². The number of nitrogens with one attached hydrogen (secondary N) is 2. The summed E-state index contributed by atoms with van der Waals surface area (Å²) in [6.07, 6.45) is -0.0586. The number of hydrogen-bond donors (Lipinski definition) is 3. The largest absolute Gasteiger partial charge is 0.504 e. The lowest BCUT2D eigenvalue weighted by molar-refractivity contribution is 0.0777. The van der Waals surface area contributed by atoms with Crippen LogP contribution in [0.25, 0.3) is 0 Å². The maximum atomic E-state index is 12.1. The number of carbonyl (C=O) groups is 1. The number of hydrogen-bond acceptors (Lipinski definition) is 5. The fourth-order valence-corrected chi connectivity index (χ4v) is 2.16. The lowest BCUT2D eigenvalue weighted by Crippen LogP contribution is -2.43. The highest BCUT2D eigenvalue weighted by Crippen LogP contribution is 2.29. The topological polar surface area (TPSA) is 79.8 Å². The summed E-state index contributed by atoms with van der Waals surface area (Å²) in [5, 5.41) is 15.9. The van der Waals surface area contributed by atoms with E-state index >= 15 is 0 Å². The quantitative estimate of drug-likeness (QED) is 0.721. The molecule has 1 aliphatic rings. The molecule has 1 unspecified atom stereocenters. The van der Waals surface area contributed by atoms with Gasteiger partial charge in [-0.2, -0.15) is 0 Å². The Hall–Kier alpha value is -1.79. The summed E-state index contributed by atoms with van der Waals surface area (Å²) < 4.78 is 10.3. The number of phenolic OH excluding ortho intramolecular Hbond substituents is 1. The highest BCUT2D eigenvalue weighted by atomic mass is 16.5. The maximum Gasteiger partial charge on any atom is 0.255 e. The van der Waals surface area contributed by atoms with Crippen molar-refractivity contribution in [3.05, 3.63) is 23.8 Å². The molecule has 0 aromatic heterocycles. The maximum absolute atomic E-state index is 12.1. The number of benzene rings is 1. The van der Waals surface area contributed by atoms with Crippen LogP contribution < -0.4 is 15.4 Å². The Morgan fingerprint density at radius 1 is 1.42 bits per heavy atom. The molecule has 1 saturated heterocycles. The molecule has 3 N–H and O–H groups in total. The molecule has 0 bridgehead atoms. The van der Waals surface area contributed by atoms with Gasteiger partial charge < -0.3 is 25.2 Å². The van der Waals surface area contributed by atoms with Gasteiger partial charge in [-0.25, -0.2) is 0 Å². The molecule has 0 aliphatic carbocycles. The first-order chi connectivity index (χ1) is 9.17. The van der Waals surface area contributed by atoms with Gasteiger partial charge in [0.25, 0.3) is 5.91 Å². The fourth-order valence-electron chi connectivity index (χ4n) is 2.16. The smallest absolute Gasteiger partial charge is 0.255 e. The Morgan fingerprint density at radius 3 is 2.89 bits per heavy atom. The monoisotopic (exact) mass is 266 g/mol. The molecule has 2 rings (SSSR count). The zero-order valence-corrected chi connectivity index (χ0v) is 11.0. The number of aromatic hydroxyl groups is 1. The molecule has 1 amide bonds. The summed E-state index contributed by atoms with van der Waals surface area (Å²) in [5.74, 6) is -0.213. The standard InChI is InChI=1S/C13H18N2O4/c1-18-10-5-3-4-8(12(10)16)13(17)15-9-6-14-7-11(9)19-2/h3-5,9,11,14,16H,6-7H2,1-2H3,(H,15,17)/t9?,11-/m0/s1. The first-order valence-electron chi connectivity index (χ1n) is 6.07. The van der Waals surface area contributed by atoms with Crippen LogP contribution in [-0.2, 0) is 4.74 Å². The van der Waals surface area contributed by atoms with Crippen molar-refractivity contribution >= 4 is 5.91 Å². The summed E-state index contributed by atoms with van der Waals surface area (Å²) in [5.41, 5.74) is 0.195. The number of phenols is 1. The minimum Gasteiger partial charge on any atom is -0.504 e. The predicted molar refractivity (Wildman–Crippen MR) is 69.6 cm³/mol. The summed E-state index contributed by atoms with van der Waals surface area (Å²) in [6.45, 7) is 1.35. The number of rotatable bonds is 4. The van der Waals surface area contributed by atoms with E-state index in [1.54, 1.807) is 25.3 Å². The van der Waals surface area contributed by atoms with E-state index in [9.17, 15) is 9.90 Å². The molecular formula is C13H18N2O4. The third kappa shape index (κ3) is 2.80. The first kappa shape index (κ1) is 13.6. The molecule has 1 heterocycles. The molecular weight excluding hydrogens is 248 g/mol. The lowest BCUT2D eigenvalue weighted by atomic mass is 10.1. The average molecular weight is 266 g/mol. The highest BCUT2D eigenvalue weighted by molar-refractivity contribution is 5.97. The molecule has 0 radical (unpaired) electrons. The van der Waals surface area contributed by atoms with Gasteiger partial charge in [-0.1, -0.05) is 6.07 Å². The number of ether oxygens (including phenoxy) is 2. The number of carbonyl (C=O) groups excluding carboxylic acids is 1. The normalized spacial score (nSPS) is 22.2. The van der Waals surface area contributed by atoms with Crippen LogP contribution in [-0.4, -0.2) is 50.5 Å². The SMILES string of the molecule is COc1cccc(C(=O)NC2CNC[C@@H]2OC)c1O. The molecule has 1 fully saturated rings. The number of amides is 1. The van der Waals surface area contributed by atoms with Gasteiger partial charge in [-0.3, -0.25) is 4.79 Å². The Labute approximate surface area is 111 Å². The van der Waals surface area contributed by atoms with Crippen LogP contribution in [0, 0.1) is 0 Å². The second-order valence-electron chi connectivity index (χ2n) is 4.37. The van der Waals surface area contributed by atoms with Gasteiger partial charge in [0.2, 0.25) is 0 Å². The van der Waals surface area contributed by atoms with E-state index in [1.165, 1.54) is 7.11 Å². The van der Waals surface area contributed by atoms with E-state index in [1.807, 2.05) is 0 Å². The second kappa shape index (κ2) is 5.90. The molecule has 6 nitrogen and oxygen atoms in total. The number of methoxy groups -OCH3 is 2. The first-order valence-corrected chi connectivity index (χ1v) is 6.07. The van der Waals surface area contributed by atoms with Gasteiger partial charge in [0, 0.05) is 20.2 Å². The molecule has 1 aromatic carbocycles. The fraction of sp³-hybridized carbons (Fsp3) is 0.462. The van der Waals surface area contributed by atoms with Crippen molar-refractivity contribution in [3.63, 3.8) is 0 Å². The molecule has 1 aromatic rings. The summed E-state index contributed by atoms with van der Waals surface area (Å²) in [4.78, 5) is 12.1. The van der Waals surface area contributed by atoms with Crippen LogP contribution in [0.1, 0.15) is 10.4 Å². The zero-order valence-electron chi connectivity index (χ0n) is 11.0. The zero-order chi connectivity index (χ0) is 13.8. The average Bonchev–Trinajstić information content (AvgIpc) is 2.86. The summed E-state index contributed by atoms with van der Waals surface area (Å²) in [7, 11) is 3.05. The van der Waals surface area contributed by atoms with E-state index in [4.69, 9.17) is 9.47 Å². The Bertz CT molecular complexity index is 464. The van der Waals surface area contributed by atoms with Crippen LogP contribution in [0.2, 0.25) is 0 Å². The lowest BCUT2D eigenvalue weighted by Gasteiger charge is -2.19. The minimum atomic E-state index is -0.341. The predicted octanol–water partition coefficient (Wildman–Crippen LogP) is 0.117. The third-order valence-electron chi connectivity index (χ3n) is 3.24. The Kier molecular flexibility index (Phi) is 4.24. The van der Waals surface area contributed by atoms with Crippen LogP contribution in [0.5, 0.6) is 11.5 Å². The van der Waals surface area contributed by atoms with Crippen LogP contribution >= 0.6 is 0 Å². The van der Waals surface area contributed by atoms with Gasteiger partial charge in [-0.05, 0) is 12.1 Å². The van der Waals surface area contributed by atoms with Crippen molar-refractivity contribution in [1.82, 2.24) is 10.6 Å². The minimum absolute atomic E-state index is 0.0586.